The van der Waals surface area contributed by atoms with Gasteiger partial charge in [-0.1, -0.05) is 107 Å². The van der Waals surface area contributed by atoms with Gasteiger partial charge >= 0.3 is 0 Å². The van der Waals surface area contributed by atoms with Crippen molar-refractivity contribution < 1.29 is 4.39 Å². The minimum Gasteiger partial charge on any atom is -0.368 e. The smallest absolute Gasteiger partial charge is 0.260 e. The highest BCUT2D eigenvalue weighted by Crippen LogP contribution is 2.43. The molecule has 562 valence electrons. The van der Waals surface area contributed by atoms with Crippen LogP contribution in [0.1, 0.15) is 150 Å². The van der Waals surface area contributed by atoms with Gasteiger partial charge in [0.15, 0.2) is 17.3 Å². The van der Waals surface area contributed by atoms with Crippen molar-refractivity contribution in [1.82, 2.24) is 83.1 Å². The molecule has 32 heteroatoms. The Morgan fingerprint density at radius 3 is 1.21 bits per heavy atom. The number of anilines is 5. The van der Waals surface area contributed by atoms with Crippen molar-refractivity contribution >= 4 is 175 Å². The number of hydrogen-bond donors (Lipinski definition) is 9. The summed E-state index contributed by atoms with van der Waals surface area (Å²) in [4.78, 5) is 103. The fourth-order valence-electron chi connectivity index (χ4n) is 14.7. The Labute approximate surface area is 654 Å². The molecule has 4 fully saturated rings. The average Bonchev–Trinajstić information content (AvgIpc) is 1.70. The van der Waals surface area contributed by atoms with E-state index in [-0.39, 0.29) is 76.5 Å². The quantitative estimate of drug-likeness (QED) is 0.0434. The Kier molecular flexibility index (Phi) is 19.2. The molecule has 0 spiro atoms. The number of aromatic nitrogens is 17. The highest BCUT2D eigenvalue weighted by Gasteiger charge is 2.35. The first kappa shape index (κ1) is 72.4. The Balaban J connectivity index is 0.000000108. The maximum absolute atomic E-state index is 14.2. The van der Waals surface area contributed by atoms with Gasteiger partial charge < -0.3 is 65.2 Å². The second-order valence-corrected chi connectivity index (χ2v) is 30.4. The average molecular weight is 1590 g/mol. The summed E-state index contributed by atoms with van der Waals surface area (Å²) in [6, 6.07) is 32.2. The van der Waals surface area contributed by atoms with Crippen LogP contribution in [0.15, 0.2) is 166 Å². The molecule has 4 atom stereocenters. The lowest BCUT2D eigenvalue weighted by Crippen LogP contribution is -2.26. The number of hydrogen-bond acceptors (Lipinski definition) is 18. The Hall–Kier alpha value is -11.5. The largest absolute Gasteiger partial charge is 0.368 e. The van der Waals surface area contributed by atoms with E-state index in [9.17, 15) is 23.6 Å². The first-order valence-corrected chi connectivity index (χ1v) is 38.2. The van der Waals surface area contributed by atoms with Crippen molar-refractivity contribution in [3.8, 4) is 0 Å². The fraction of sp³-hybridized carbons (Fsp3) is 0.253. The van der Waals surface area contributed by atoms with Crippen LogP contribution >= 0.6 is 58.0 Å². The molecule has 4 aliphatic rings. The predicted octanol–water partition coefficient (Wildman–Crippen LogP) is 17.5. The Bertz CT molecular complexity index is 6270. The minimum absolute atomic E-state index is 0.0151. The van der Waals surface area contributed by atoms with Gasteiger partial charge in [0.25, 0.3) is 22.2 Å². The number of aromatic amines is 4. The summed E-state index contributed by atoms with van der Waals surface area (Å²) in [5, 5.41) is 23.5. The van der Waals surface area contributed by atoms with Crippen molar-refractivity contribution in [2.45, 2.75) is 127 Å². The molecule has 10 N–H and O–H groups in total. The van der Waals surface area contributed by atoms with Gasteiger partial charge in [-0.2, -0.15) is 9.97 Å². The number of nitrogen functional groups attached to an aromatic ring is 1. The molecule has 4 aliphatic carbocycles. The van der Waals surface area contributed by atoms with E-state index >= 15 is 0 Å². The molecule has 16 aromatic rings. The van der Waals surface area contributed by atoms with E-state index in [0.29, 0.717) is 92.0 Å². The van der Waals surface area contributed by atoms with E-state index in [0.717, 1.165) is 118 Å². The van der Waals surface area contributed by atoms with Crippen LogP contribution in [0.3, 0.4) is 0 Å². The van der Waals surface area contributed by atoms with E-state index in [1.807, 2.05) is 125 Å². The first-order valence-electron chi connectivity index (χ1n) is 36.4. The lowest BCUT2D eigenvalue weighted by molar-refractivity contribution is 0.632. The highest BCUT2D eigenvalue weighted by atomic mass is 35.5. The number of nitrogens with two attached hydrogens (primary N) is 1. The molecular weight excluding hydrogens is 1520 g/mol. The van der Waals surface area contributed by atoms with Crippen LogP contribution in [0.4, 0.5) is 33.6 Å². The highest BCUT2D eigenvalue weighted by molar-refractivity contribution is 6.37. The van der Waals surface area contributed by atoms with Crippen LogP contribution in [-0.2, 0) is 0 Å². The third-order valence-electron chi connectivity index (χ3n) is 20.6. The van der Waals surface area contributed by atoms with Gasteiger partial charge in [0.2, 0.25) is 5.95 Å². The predicted molar refractivity (Wildman–Crippen MR) is 437 cm³/mol. The number of imidazole rings is 1. The first-order chi connectivity index (χ1) is 53.7. The van der Waals surface area contributed by atoms with Gasteiger partial charge in [0.05, 0.1) is 93.3 Å². The van der Waals surface area contributed by atoms with Gasteiger partial charge in [-0.3, -0.25) is 19.2 Å². The number of halogens is 6. The van der Waals surface area contributed by atoms with Crippen LogP contribution < -0.4 is 49.2 Å². The summed E-state index contributed by atoms with van der Waals surface area (Å²) in [7, 11) is 0. The van der Waals surface area contributed by atoms with Crippen molar-refractivity contribution in [2.24, 2.45) is 0 Å². The summed E-state index contributed by atoms with van der Waals surface area (Å²) in [6.45, 7) is 7.98. The third-order valence-corrected chi connectivity index (χ3v) is 22.1. The van der Waals surface area contributed by atoms with Gasteiger partial charge in [-0.05, 0) is 155 Å². The molecule has 12 aromatic heterocycles. The van der Waals surface area contributed by atoms with E-state index in [2.05, 4.69) is 92.1 Å². The molecule has 0 bridgehead atoms. The molecular formula is C79H70Cl5FN22O4. The van der Waals surface area contributed by atoms with Crippen molar-refractivity contribution in [3.05, 3.63) is 242 Å². The SMILES string of the molecule is C[C@H](Nc1nc(N)nc2nc[nH]c12)c1cc2cccc(Cl)c2c(=O)n1C1CC1.C[C@H](Nc1ncnc2[nH]cc(Cl)c12)c1cc2cccc(Cl)c2c(=O)n1C1CC1.C[C@H](Nc1ncnc2[nH]cc(F)c12)c1cc2cccc(Cl)c2c(=O)n1C1CC1.C[C@H](Nc1ncnc2[nH]ccc12)c1cc2cccc(Cl)c2c(=O)n1C1CC1. The van der Waals surface area contributed by atoms with Crippen LogP contribution in [0, 0.1) is 5.82 Å². The second kappa shape index (κ2) is 29.4. The molecule has 0 radical (unpaired) electrons. The standard InChI is InChI=1S/C20H17Cl2N5O.C20H17ClFN5O.C20H18ClN5O.C19H18ClN7O/c2*1-10(26-19-17-14(22)8-23-18(17)24-9-25-19)15-7-11-3-2-4-13(21)16(11)20(28)27(15)12-5-6-12;1-11(25-19-14-7-8-22-18(14)23-10-24-19)16-9-12-3-2-4-15(21)17(12)20(27)26(16)13-5-6-13;1-9(24-17-15-16(23-8-22-15)25-19(21)26-17)13-7-10-3-2-4-12(20)14(10)18(28)27(13)11-5-6-11/h2*2-4,7-10,12H,5-6H2,1H3,(H2,23,24,25,26);2-4,7-11,13H,5-6H2,1H3,(H2,22,23,24,25);2-4,7-9,11H,5-6H2,1H3,(H4,21,22,23,24,25,26)/t2*10-;11-;9-/m0000/s1. The van der Waals surface area contributed by atoms with Gasteiger partial charge in [-0.25, -0.2) is 39.3 Å². The number of H-pyrrole nitrogens is 4. The van der Waals surface area contributed by atoms with Crippen LogP contribution in [0.5, 0.6) is 0 Å². The monoisotopic (exact) mass is 1580 g/mol. The third kappa shape index (κ3) is 13.9. The maximum atomic E-state index is 14.2. The molecule has 111 heavy (non-hydrogen) atoms. The number of fused-ring (bicyclic) bond motifs is 8. The van der Waals surface area contributed by atoms with Gasteiger partial charge in [0.1, 0.15) is 58.9 Å². The van der Waals surface area contributed by atoms with E-state index in [4.69, 9.17) is 63.7 Å². The summed E-state index contributed by atoms with van der Waals surface area (Å²) >= 11 is 31.6. The second-order valence-electron chi connectivity index (χ2n) is 28.3. The van der Waals surface area contributed by atoms with Gasteiger partial charge in [-0.15, -0.1) is 0 Å². The lowest BCUT2D eigenvalue weighted by atomic mass is 10.1. The Morgan fingerprint density at radius 1 is 0.414 bits per heavy atom. The molecule has 20 rings (SSSR count). The molecule has 0 aliphatic heterocycles. The number of benzene rings is 4. The fourth-order valence-corrected chi connectivity index (χ4v) is 16.0. The van der Waals surface area contributed by atoms with E-state index < -0.39 is 5.82 Å². The number of nitrogens with zero attached hydrogens (tertiary/aromatic N) is 13. The normalized spacial score (nSPS) is 15.3. The van der Waals surface area contributed by atoms with Crippen molar-refractivity contribution in [1.29, 1.82) is 0 Å². The molecule has 4 saturated carbocycles. The van der Waals surface area contributed by atoms with Crippen LogP contribution in [-0.4, -0.2) is 83.1 Å². The number of nitrogens with one attached hydrogen (secondary N) is 8. The zero-order valence-electron chi connectivity index (χ0n) is 59.9. The summed E-state index contributed by atoms with van der Waals surface area (Å²) in [5.74, 6) is 2.03. The van der Waals surface area contributed by atoms with E-state index in [1.165, 1.54) is 25.2 Å². The van der Waals surface area contributed by atoms with E-state index in [1.54, 1.807) is 36.8 Å². The maximum Gasteiger partial charge on any atom is 0.260 e. The van der Waals surface area contributed by atoms with Crippen LogP contribution in [0.25, 0.3) is 87.4 Å². The molecule has 26 nitrogen and oxygen atoms in total. The topological polar surface area (TPSA) is 341 Å². The van der Waals surface area contributed by atoms with Crippen molar-refractivity contribution in [2.75, 3.05) is 27.0 Å². The molecule has 0 amide bonds. The molecule has 0 saturated heterocycles. The van der Waals surface area contributed by atoms with Gasteiger partial charge in [0, 0.05) is 65.5 Å². The minimum atomic E-state index is -0.421. The summed E-state index contributed by atoms with van der Waals surface area (Å²) in [6.07, 6.45) is 18.6. The number of pyridine rings is 4. The zero-order chi connectivity index (χ0) is 76.8. The number of rotatable bonds is 16. The lowest BCUT2D eigenvalue weighted by Gasteiger charge is -2.21. The van der Waals surface area contributed by atoms with Crippen molar-refractivity contribution in [3.63, 3.8) is 0 Å². The zero-order valence-corrected chi connectivity index (χ0v) is 63.7. The molecule has 0 unspecified atom stereocenters. The summed E-state index contributed by atoms with van der Waals surface area (Å²) in [5.41, 5.74) is 12.2. The summed E-state index contributed by atoms with van der Waals surface area (Å²) < 4.78 is 21.6. The molecule has 12 heterocycles. The Morgan fingerprint density at radius 2 is 0.784 bits per heavy atom. The van der Waals surface area contributed by atoms with Crippen LogP contribution in [0.2, 0.25) is 25.1 Å². The molecule has 4 aromatic carbocycles.